The highest BCUT2D eigenvalue weighted by molar-refractivity contribution is 6.34. The summed E-state index contributed by atoms with van der Waals surface area (Å²) in [5.41, 5.74) is 3.03. The molecule has 0 aliphatic carbocycles. The second kappa shape index (κ2) is 7.15. The standard InChI is InChI=1S/C19H16ClN3O/c1-13-7-2-5-10-16(13)22-18-17(11-6-12-21-18)23-19(24)14-8-3-4-9-15(14)20/h2-12H,1H3,(H,21,22)(H,23,24). The van der Waals surface area contributed by atoms with E-state index in [0.717, 1.165) is 11.3 Å². The van der Waals surface area contributed by atoms with Crippen molar-refractivity contribution in [1.29, 1.82) is 0 Å². The van der Waals surface area contributed by atoms with Crippen molar-refractivity contribution < 1.29 is 4.79 Å². The number of para-hydroxylation sites is 1. The van der Waals surface area contributed by atoms with Gasteiger partial charge in [0.05, 0.1) is 16.3 Å². The molecule has 5 heteroatoms. The largest absolute Gasteiger partial charge is 0.338 e. The summed E-state index contributed by atoms with van der Waals surface area (Å²) in [4.78, 5) is 16.8. The maximum Gasteiger partial charge on any atom is 0.257 e. The monoisotopic (exact) mass is 337 g/mol. The lowest BCUT2D eigenvalue weighted by Crippen LogP contribution is -2.14. The summed E-state index contributed by atoms with van der Waals surface area (Å²) >= 11 is 6.08. The molecule has 0 saturated carbocycles. The Morgan fingerprint density at radius 3 is 2.46 bits per heavy atom. The minimum absolute atomic E-state index is 0.276. The first kappa shape index (κ1) is 16.0. The molecule has 2 aromatic carbocycles. The van der Waals surface area contributed by atoms with E-state index >= 15 is 0 Å². The van der Waals surface area contributed by atoms with Crippen LogP contribution in [0.5, 0.6) is 0 Å². The molecular weight excluding hydrogens is 322 g/mol. The van der Waals surface area contributed by atoms with Crippen molar-refractivity contribution in [2.24, 2.45) is 0 Å². The van der Waals surface area contributed by atoms with Crippen molar-refractivity contribution in [2.45, 2.75) is 6.92 Å². The molecule has 1 heterocycles. The van der Waals surface area contributed by atoms with Crippen LogP contribution in [0.2, 0.25) is 5.02 Å². The zero-order valence-electron chi connectivity index (χ0n) is 13.1. The fourth-order valence-corrected chi connectivity index (χ4v) is 2.50. The Balaban J connectivity index is 1.86. The SMILES string of the molecule is Cc1ccccc1Nc1ncccc1NC(=O)c1ccccc1Cl. The highest BCUT2D eigenvalue weighted by Gasteiger charge is 2.13. The van der Waals surface area contributed by atoms with Crippen molar-refractivity contribution in [1.82, 2.24) is 4.98 Å². The Morgan fingerprint density at radius 1 is 0.958 bits per heavy atom. The van der Waals surface area contributed by atoms with Gasteiger partial charge in [0.15, 0.2) is 5.82 Å². The number of hydrogen-bond donors (Lipinski definition) is 2. The summed E-state index contributed by atoms with van der Waals surface area (Å²) in [6, 6.07) is 18.4. The number of anilines is 3. The molecule has 0 unspecified atom stereocenters. The molecule has 4 nitrogen and oxygen atoms in total. The lowest BCUT2D eigenvalue weighted by molar-refractivity contribution is 0.102. The van der Waals surface area contributed by atoms with Gasteiger partial charge >= 0.3 is 0 Å². The Morgan fingerprint density at radius 2 is 1.67 bits per heavy atom. The van der Waals surface area contributed by atoms with Crippen molar-refractivity contribution in [3.63, 3.8) is 0 Å². The van der Waals surface area contributed by atoms with Gasteiger partial charge in [-0.1, -0.05) is 41.9 Å². The molecule has 120 valence electrons. The second-order valence-electron chi connectivity index (χ2n) is 5.27. The van der Waals surface area contributed by atoms with Crippen LogP contribution in [-0.4, -0.2) is 10.9 Å². The van der Waals surface area contributed by atoms with Gasteiger partial charge in [-0.05, 0) is 42.8 Å². The van der Waals surface area contributed by atoms with Crippen LogP contribution in [0.25, 0.3) is 0 Å². The maximum absolute atomic E-state index is 12.5. The zero-order chi connectivity index (χ0) is 16.9. The number of rotatable bonds is 4. The van der Waals surface area contributed by atoms with Crippen LogP contribution in [0.1, 0.15) is 15.9 Å². The third-order valence-electron chi connectivity index (χ3n) is 3.57. The van der Waals surface area contributed by atoms with E-state index in [1.807, 2.05) is 31.2 Å². The molecule has 24 heavy (non-hydrogen) atoms. The first-order valence-electron chi connectivity index (χ1n) is 7.48. The number of carbonyl (C=O) groups excluding carboxylic acids is 1. The number of pyridine rings is 1. The summed E-state index contributed by atoms with van der Waals surface area (Å²) in [5.74, 6) is 0.300. The van der Waals surface area contributed by atoms with Crippen LogP contribution in [0.4, 0.5) is 17.2 Å². The van der Waals surface area contributed by atoms with Crippen LogP contribution in [0.3, 0.4) is 0 Å². The van der Waals surface area contributed by atoms with E-state index in [1.165, 1.54) is 0 Å². The van der Waals surface area contributed by atoms with Gasteiger partial charge in [0.1, 0.15) is 0 Å². The molecule has 3 rings (SSSR count). The summed E-state index contributed by atoms with van der Waals surface area (Å²) in [6.07, 6.45) is 1.67. The summed E-state index contributed by atoms with van der Waals surface area (Å²) in [5, 5.41) is 6.52. The van der Waals surface area contributed by atoms with E-state index in [-0.39, 0.29) is 5.91 Å². The number of carbonyl (C=O) groups is 1. The highest BCUT2D eigenvalue weighted by atomic mass is 35.5. The van der Waals surface area contributed by atoms with Gasteiger partial charge in [-0.25, -0.2) is 4.98 Å². The topological polar surface area (TPSA) is 54.0 Å². The number of benzene rings is 2. The van der Waals surface area contributed by atoms with E-state index in [2.05, 4.69) is 15.6 Å². The van der Waals surface area contributed by atoms with Crippen molar-refractivity contribution >= 4 is 34.7 Å². The molecule has 3 aromatic rings. The van der Waals surface area contributed by atoms with Crippen LogP contribution < -0.4 is 10.6 Å². The predicted octanol–water partition coefficient (Wildman–Crippen LogP) is 5.04. The smallest absolute Gasteiger partial charge is 0.257 e. The van der Waals surface area contributed by atoms with Gasteiger partial charge in [-0.15, -0.1) is 0 Å². The molecule has 0 aliphatic rings. The number of hydrogen-bond acceptors (Lipinski definition) is 3. The Labute approximate surface area is 145 Å². The molecule has 1 aromatic heterocycles. The van der Waals surface area contributed by atoms with Crippen LogP contribution >= 0.6 is 11.6 Å². The molecule has 2 N–H and O–H groups in total. The van der Waals surface area contributed by atoms with Gasteiger partial charge in [-0.2, -0.15) is 0 Å². The van der Waals surface area contributed by atoms with E-state index in [4.69, 9.17) is 11.6 Å². The number of halogens is 1. The number of amides is 1. The molecule has 0 atom stereocenters. The average molecular weight is 338 g/mol. The third kappa shape index (κ3) is 3.55. The second-order valence-corrected chi connectivity index (χ2v) is 5.68. The first-order valence-corrected chi connectivity index (χ1v) is 7.86. The van der Waals surface area contributed by atoms with E-state index in [1.54, 1.807) is 42.6 Å². The minimum Gasteiger partial charge on any atom is -0.338 e. The van der Waals surface area contributed by atoms with E-state index < -0.39 is 0 Å². The Kier molecular flexibility index (Phi) is 4.77. The van der Waals surface area contributed by atoms with Crippen LogP contribution in [-0.2, 0) is 0 Å². The molecular formula is C19H16ClN3O. The number of aromatic nitrogens is 1. The fourth-order valence-electron chi connectivity index (χ4n) is 2.28. The Bertz CT molecular complexity index is 880. The van der Waals surface area contributed by atoms with Gasteiger partial charge in [0.25, 0.3) is 5.91 Å². The Hall–Kier alpha value is -2.85. The average Bonchev–Trinajstić information content (AvgIpc) is 2.59. The summed E-state index contributed by atoms with van der Waals surface area (Å²) in [7, 11) is 0. The highest BCUT2D eigenvalue weighted by Crippen LogP contribution is 2.26. The van der Waals surface area contributed by atoms with E-state index in [0.29, 0.717) is 22.1 Å². The van der Waals surface area contributed by atoms with Gasteiger partial charge in [0, 0.05) is 11.9 Å². The summed E-state index contributed by atoms with van der Waals surface area (Å²) in [6.45, 7) is 2.01. The lowest BCUT2D eigenvalue weighted by Gasteiger charge is -2.13. The van der Waals surface area contributed by atoms with Crippen LogP contribution in [0.15, 0.2) is 66.9 Å². The van der Waals surface area contributed by atoms with Crippen molar-refractivity contribution in [3.05, 3.63) is 83.0 Å². The zero-order valence-corrected chi connectivity index (χ0v) is 13.8. The van der Waals surface area contributed by atoms with Gasteiger partial charge in [0.2, 0.25) is 0 Å². The molecule has 0 radical (unpaired) electrons. The number of aryl methyl sites for hydroxylation is 1. The molecule has 0 aliphatic heterocycles. The van der Waals surface area contributed by atoms with Crippen LogP contribution in [0, 0.1) is 6.92 Å². The molecule has 1 amide bonds. The minimum atomic E-state index is -0.276. The quantitative estimate of drug-likeness (QED) is 0.701. The third-order valence-corrected chi connectivity index (χ3v) is 3.90. The van der Waals surface area contributed by atoms with Gasteiger partial charge in [-0.3, -0.25) is 4.79 Å². The maximum atomic E-state index is 12.5. The molecule has 0 bridgehead atoms. The molecule has 0 fully saturated rings. The van der Waals surface area contributed by atoms with Crippen molar-refractivity contribution in [2.75, 3.05) is 10.6 Å². The van der Waals surface area contributed by atoms with E-state index in [9.17, 15) is 4.79 Å². The fraction of sp³-hybridized carbons (Fsp3) is 0.0526. The number of nitrogens with one attached hydrogen (secondary N) is 2. The predicted molar refractivity (Wildman–Crippen MR) is 98.1 cm³/mol. The first-order chi connectivity index (χ1) is 11.6. The summed E-state index contributed by atoms with van der Waals surface area (Å²) < 4.78 is 0. The van der Waals surface area contributed by atoms with Crippen molar-refractivity contribution in [3.8, 4) is 0 Å². The van der Waals surface area contributed by atoms with Gasteiger partial charge < -0.3 is 10.6 Å². The normalized spacial score (nSPS) is 10.2. The number of nitrogens with zero attached hydrogens (tertiary/aromatic N) is 1. The molecule has 0 saturated heterocycles. The lowest BCUT2D eigenvalue weighted by atomic mass is 10.2. The molecule has 0 spiro atoms.